The molecule has 2 amide bonds. The lowest BCUT2D eigenvalue weighted by molar-refractivity contribution is 0.167. The molecule has 2 aliphatic rings. The number of amides is 2. The summed E-state index contributed by atoms with van der Waals surface area (Å²) in [6, 6.07) is 6.20. The van der Waals surface area contributed by atoms with Crippen molar-refractivity contribution in [3.05, 3.63) is 30.1 Å². The van der Waals surface area contributed by atoms with E-state index in [4.69, 9.17) is 4.74 Å². The molecule has 1 saturated heterocycles. The predicted octanol–water partition coefficient (Wildman–Crippen LogP) is 2.86. The van der Waals surface area contributed by atoms with Crippen LogP contribution in [0.2, 0.25) is 0 Å². The molecule has 0 aromatic heterocycles. The maximum atomic E-state index is 13.1. The Bertz CT molecular complexity index is 485. The summed E-state index contributed by atoms with van der Waals surface area (Å²) in [4.78, 5) is 14.2. The van der Waals surface area contributed by atoms with Gasteiger partial charge in [0.2, 0.25) is 0 Å². The average molecular weight is 278 g/mol. The third-order valence-electron chi connectivity index (χ3n) is 3.80. The van der Waals surface area contributed by atoms with E-state index >= 15 is 0 Å². The van der Waals surface area contributed by atoms with E-state index in [-0.39, 0.29) is 11.8 Å². The Labute approximate surface area is 117 Å². The molecule has 0 spiro atoms. The molecule has 108 valence electrons. The molecule has 1 aromatic carbocycles. The summed E-state index contributed by atoms with van der Waals surface area (Å²) in [5.41, 5.74) is 0.503. The highest BCUT2D eigenvalue weighted by molar-refractivity contribution is 5.89. The summed E-state index contributed by atoms with van der Waals surface area (Å²) in [6.07, 6.45) is 3.13. The van der Waals surface area contributed by atoms with Crippen molar-refractivity contribution in [2.45, 2.75) is 25.3 Å². The van der Waals surface area contributed by atoms with Gasteiger partial charge in [0.05, 0.1) is 6.61 Å². The lowest BCUT2D eigenvalue weighted by Gasteiger charge is -2.25. The van der Waals surface area contributed by atoms with E-state index in [1.165, 1.54) is 12.1 Å². The summed E-state index contributed by atoms with van der Waals surface area (Å²) in [5, 5.41) is 2.78. The molecular weight excluding hydrogens is 259 g/mol. The molecule has 0 radical (unpaired) electrons. The predicted molar refractivity (Wildman–Crippen MR) is 74.1 cm³/mol. The van der Waals surface area contributed by atoms with Crippen LogP contribution in [0.3, 0.4) is 0 Å². The van der Waals surface area contributed by atoms with Gasteiger partial charge in [-0.2, -0.15) is 0 Å². The molecule has 4 nitrogen and oxygen atoms in total. The van der Waals surface area contributed by atoms with Gasteiger partial charge in [-0.25, -0.2) is 9.18 Å². The highest BCUT2D eigenvalue weighted by Gasteiger charge is 2.34. The van der Waals surface area contributed by atoms with Gasteiger partial charge in [0, 0.05) is 30.8 Å². The molecule has 1 aliphatic heterocycles. The van der Waals surface area contributed by atoms with Gasteiger partial charge in [-0.05, 0) is 37.5 Å². The fraction of sp³-hybridized carbons (Fsp3) is 0.533. The number of carbonyl (C=O) groups excluding carboxylic acids is 1. The minimum atomic E-state index is -0.343. The summed E-state index contributed by atoms with van der Waals surface area (Å²) < 4.78 is 18.5. The largest absolute Gasteiger partial charge is 0.381 e. The monoisotopic (exact) mass is 278 g/mol. The molecule has 3 rings (SSSR count). The van der Waals surface area contributed by atoms with Crippen molar-refractivity contribution in [3.63, 3.8) is 0 Å². The topological polar surface area (TPSA) is 41.6 Å². The van der Waals surface area contributed by atoms with Gasteiger partial charge in [0.25, 0.3) is 0 Å². The Morgan fingerprint density at radius 2 is 2.25 bits per heavy atom. The number of benzene rings is 1. The van der Waals surface area contributed by atoms with Crippen LogP contribution in [0.25, 0.3) is 0 Å². The Morgan fingerprint density at radius 1 is 1.40 bits per heavy atom. The number of hydrogen-bond acceptors (Lipinski definition) is 2. The molecule has 1 aromatic rings. The summed E-state index contributed by atoms with van der Waals surface area (Å²) in [6.45, 7) is 2.25. The highest BCUT2D eigenvalue weighted by Crippen LogP contribution is 2.29. The van der Waals surface area contributed by atoms with Crippen LogP contribution in [0, 0.1) is 11.7 Å². The first-order valence-electron chi connectivity index (χ1n) is 7.13. The quantitative estimate of drug-likeness (QED) is 0.920. The number of rotatable bonds is 4. The molecular formula is C15H19FN2O2. The van der Waals surface area contributed by atoms with Crippen LogP contribution < -0.4 is 5.32 Å². The van der Waals surface area contributed by atoms with Crippen molar-refractivity contribution in [2.75, 3.05) is 25.1 Å². The Balaban J connectivity index is 1.63. The molecule has 1 heterocycles. The number of anilines is 1. The molecule has 1 N–H and O–H groups in total. The van der Waals surface area contributed by atoms with Gasteiger partial charge in [0.1, 0.15) is 5.82 Å². The second-order valence-electron chi connectivity index (χ2n) is 5.55. The van der Waals surface area contributed by atoms with Crippen LogP contribution in [-0.4, -0.2) is 36.7 Å². The zero-order chi connectivity index (χ0) is 13.9. The van der Waals surface area contributed by atoms with E-state index in [1.54, 1.807) is 12.1 Å². The molecule has 0 bridgehead atoms. The summed E-state index contributed by atoms with van der Waals surface area (Å²) >= 11 is 0. The first-order valence-corrected chi connectivity index (χ1v) is 7.13. The average Bonchev–Trinajstić information content (AvgIpc) is 3.12. The van der Waals surface area contributed by atoms with Gasteiger partial charge in [-0.15, -0.1) is 0 Å². The number of carbonyl (C=O) groups is 1. The van der Waals surface area contributed by atoms with E-state index in [1.807, 2.05) is 4.90 Å². The van der Waals surface area contributed by atoms with Crippen molar-refractivity contribution >= 4 is 11.7 Å². The van der Waals surface area contributed by atoms with Crippen molar-refractivity contribution in [1.82, 2.24) is 4.90 Å². The Morgan fingerprint density at radius 3 is 2.90 bits per heavy atom. The molecule has 1 saturated carbocycles. The van der Waals surface area contributed by atoms with Crippen molar-refractivity contribution in [3.8, 4) is 0 Å². The lowest BCUT2D eigenvalue weighted by Crippen LogP contribution is -2.40. The van der Waals surface area contributed by atoms with E-state index < -0.39 is 0 Å². The SMILES string of the molecule is O=C(Nc1cccc(F)c1)N(C[C@@H]1CCOC1)C1CC1. The van der Waals surface area contributed by atoms with E-state index in [2.05, 4.69) is 5.32 Å². The first kappa shape index (κ1) is 13.4. The van der Waals surface area contributed by atoms with Gasteiger partial charge in [0.15, 0.2) is 0 Å². The Hall–Kier alpha value is -1.62. The standard InChI is InChI=1S/C15H19FN2O2/c16-12-2-1-3-13(8-12)17-15(19)18(14-4-5-14)9-11-6-7-20-10-11/h1-3,8,11,14H,4-7,9-10H2,(H,17,19)/t11-/m0/s1. The van der Waals surface area contributed by atoms with Gasteiger partial charge in [-0.1, -0.05) is 6.07 Å². The summed E-state index contributed by atoms with van der Waals surface area (Å²) in [5.74, 6) is 0.0822. The normalized spacial score (nSPS) is 21.8. The molecule has 20 heavy (non-hydrogen) atoms. The second-order valence-corrected chi connectivity index (χ2v) is 5.55. The number of hydrogen-bond donors (Lipinski definition) is 1. The third-order valence-corrected chi connectivity index (χ3v) is 3.80. The van der Waals surface area contributed by atoms with Crippen LogP contribution in [0.1, 0.15) is 19.3 Å². The fourth-order valence-corrected chi connectivity index (χ4v) is 2.55. The van der Waals surface area contributed by atoms with Crippen LogP contribution in [0.5, 0.6) is 0 Å². The van der Waals surface area contributed by atoms with E-state index in [0.717, 1.165) is 39.0 Å². The van der Waals surface area contributed by atoms with Crippen LogP contribution >= 0.6 is 0 Å². The molecule has 5 heteroatoms. The van der Waals surface area contributed by atoms with Crippen LogP contribution in [0.15, 0.2) is 24.3 Å². The molecule has 0 unspecified atom stereocenters. The maximum Gasteiger partial charge on any atom is 0.322 e. The zero-order valence-corrected chi connectivity index (χ0v) is 11.3. The zero-order valence-electron chi connectivity index (χ0n) is 11.3. The third kappa shape index (κ3) is 3.28. The number of halogens is 1. The van der Waals surface area contributed by atoms with Crippen molar-refractivity contribution in [1.29, 1.82) is 0 Å². The van der Waals surface area contributed by atoms with Crippen LogP contribution in [-0.2, 0) is 4.74 Å². The maximum absolute atomic E-state index is 13.1. The molecule has 2 fully saturated rings. The minimum absolute atomic E-state index is 0.134. The number of nitrogens with zero attached hydrogens (tertiary/aromatic N) is 1. The van der Waals surface area contributed by atoms with Gasteiger partial charge in [-0.3, -0.25) is 0 Å². The van der Waals surface area contributed by atoms with Gasteiger partial charge >= 0.3 is 6.03 Å². The smallest absolute Gasteiger partial charge is 0.322 e. The van der Waals surface area contributed by atoms with E-state index in [9.17, 15) is 9.18 Å². The van der Waals surface area contributed by atoms with E-state index in [0.29, 0.717) is 17.6 Å². The highest BCUT2D eigenvalue weighted by atomic mass is 19.1. The Kier molecular flexibility index (Phi) is 3.87. The first-order chi connectivity index (χ1) is 9.72. The minimum Gasteiger partial charge on any atom is -0.381 e. The fourth-order valence-electron chi connectivity index (χ4n) is 2.55. The number of urea groups is 1. The summed E-state index contributed by atoms with van der Waals surface area (Å²) in [7, 11) is 0. The molecule has 1 atom stereocenters. The second kappa shape index (κ2) is 5.79. The number of ether oxygens (including phenoxy) is 1. The van der Waals surface area contributed by atoms with Gasteiger partial charge < -0.3 is 15.0 Å². The number of nitrogens with one attached hydrogen (secondary N) is 1. The van der Waals surface area contributed by atoms with Crippen molar-refractivity contribution in [2.24, 2.45) is 5.92 Å². The lowest BCUT2D eigenvalue weighted by atomic mass is 10.1. The molecule has 1 aliphatic carbocycles. The van der Waals surface area contributed by atoms with Crippen LogP contribution in [0.4, 0.5) is 14.9 Å². The van der Waals surface area contributed by atoms with Crippen molar-refractivity contribution < 1.29 is 13.9 Å².